The fourth-order valence-electron chi connectivity index (χ4n) is 2.52. The minimum Gasteiger partial charge on any atom is -0.325 e. The lowest BCUT2D eigenvalue weighted by Crippen LogP contribution is -2.19. The Bertz CT molecular complexity index is 859. The molecule has 1 heterocycles. The van der Waals surface area contributed by atoms with Crippen LogP contribution in [0.15, 0.2) is 66.1 Å². The van der Waals surface area contributed by atoms with Crippen molar-refractivity contribution in [3.8, 4) is 0 Å². The van der Waals surface area contributed by atoms with Crippen molar-refractivity contribution < 1.29 is 4.79 Å². The van der Waals surface area contributed by atoms with E-state index >= 15 is 0 Å². The molecular formula is C20H22N4OS. The molecule has 3 aromatic rings. The molecular weight excluding hydrogens is 344 g/mol. The van der Waals surface area contributed by atoms with Crippen molar-refractivity contribution in [2.75, 3.05) is 5.32 Å². The minimum absolute atomic E-state index is 0.0802. The van der Waals surface area contributed by atoms with E-state index in [4.69, 9.17) is 0 Å². The number of thioether (sulfide) groups is 1. The summed E-state index contributed by atoms with van der Waals surface area (Å²) in [5.41, 5.74) is 2.87. The van der Waals surface area contributed by atoms with Gasteiger partial charge in [-0.05, 0) is 38.5 Å². The highest BCUT2D eigenvalue weighted by Gasteiger charge is 2.25. The molecule has 0 aliphatic rings. The van der Waals surface area contributed by atoms with Gasteiger partial charge in [-0.1, -0.05) is 59.8 Å². The quantitative estimate of drug-likeness (QED) is 0.646. The van der Waals surface area contributed by atoms with Gasteiger partial charge in [0.2, 0.25) is 5.91 Å². The van der Waals surface area contributed by atoms with Crippen LogP contribution in [-0.2, 0) is 4.79 Å². The fraction of sp³-hybridized carbons (Fsp3) is 0.250. The summed E-state index contributed by atoms with van der Waals surface area (Å²) in [7, 11) is 0. The van der Waals surface area contributed by atoms with Gasteiger partial charge in [-0.15, -0.1) is 10.2 Å². The molecule has 134 valence electrons. The van der Waals surface area contributed by atoms with Gasteiger partial charge in [-0.3, -0.25) is 4.79 Å². The first kappa shape index (κ1) is 18.2. The van der Waals surface area contributed by atoms with Gasteiger partial charge in [0.1, 0.15) is 11.6 Å². The number of carbonyl (C=O) groups excluding carboxylic acids is 1. The minimum atomic E-state index is -0.417. The molecule has 5 nitrogen and oxygen atoms in total. The lowest BCUT2D eigenvalue weighted by atomic mass is 10.1. The molecule has 0 saturated heterocycles. The molecule has 0 aliphatic carbocycles. The average molecular weight is 366 g/mol. The number of nitrogens with one attached hydrogen (secondary N) is 1. The predicted molar refractivity (Wildman–Crippen MR) is 105 cm³/mol. The monoisotopic (exact) mass is 366 g/mol. The van der Waals surface area contributed by atoms with Crippen LogP contribution in [0.4, 0.5) is 5.69 Å². The van der Waals surface area contributed by atoms with Crippen molar-refractivity contribution >= 4 is 23.4 Å². The van der Waals surface area contributed by atoms with Crippen LogP contribution in [0.2, 0.25) is 0 Å². The molecule has 1 aromatic heterocycles. The van der Waals surface area contributed by atoms with E-state index in [0.29, 0.717) is 0 Å². The standard InChI is InChI=1S/C20H22N4OS/c1-14(2)24-13-21-23-20(24)26-18(16-7-5-4-6-8-16)19(25)22-17-11-9-15(3)10-12-17/h4-14,18H,1-3H3,(H,22,25)/t18-/m1/s1. The third-order valence-electron chi connectivity index (χ3n) is 3.98. The van der Waals surface area contributed by atoms with Crippen LogP contribution < -0.4 is 5.32 Å². The summed E-state index contributed by atoms with van der Waals surface area (Å²) >= 11 is 1.41. The van der Waals surface area contributed by atoms with Gasteiger partial charge in [0, 0.05) is 11.7 Å². The van der Waals surface area contributed by atoms with Crippen molar-refractivity contribution in [3.63, 3.8) is 0 Å². The summed E-state index contributed by atoms with van der Waals surface area (Å²) in [5, 5.41) is 11.5. The van der Waals surface area contributed by atoms with Gasteiger partial charge in [-0.2, -0.15) is 0 Å². The number of aromatic nitrogens is 3. The molecule has 26 heavy (non-hydrogen) atoms. The number of carbonyl (C=O) groups is 1. The molecule has 0 spiro atoms. The van der Waals surface area contributed by atoms with Crippen molar-refractivity contribution in [1.29, 1.82) is 0 Å². The van der Waals surface area contributed by atoms with Gasteiger partial charge in [0.05, 0.1) is 0 Å². The SMILES string of the molecule is Cc1ccc(NC(=O)[C@H](Sc2nncn2C(C)C)c2ccccc2)cc1. The van der Waals surface area contributed by atoms with E-state index in [2.05, 4.69) is 29.4 Å². The highest BCUT2D eigenvalue weighted by molar-refractivity contribution is 8.00. The van der Waals surface area contributed by atoms with Crippen molar-refractivity contribution in [2.45, 2.75) is 37.2 Å². The van der Waals surface area contributed by atoms with E-state index in [1.165, 1.54) is 11.8 Å². The van der Waals surface area contributed by atoms with E-state index in [1.54, 1.807) is 6.33 Å². The van der Waals surface area contributed by atoms with Crippen LogP contribution in [0.5, 0.6) is 0 Å². The van der Waals surface area contributed by atoms with Crippen molar-refractivity contribution in [3.05, 3.63) is 72.1 Å². The molecule has 1 amide bonds. The third-order valence-corrected chi connectivity index (χ3v) is 5.20. The number of hydrogen-bond donors (Lipinski definition) is 1. The molecule has 2 aromatic carbocycles. The summed E-state index contributed by atoms with van der Waals surface area (Å²) in [5.74, 6) is -0.0802. The van der Waals surface area contributed by atoms with Crippen LogP contribution in [0.1, 0.15) is 36.3 Å². The maximum Gasteiger partial charge on any atom is 0.242 e. The molecule has 0 bridgehead atoms. The van der Waals surface area contributed by atoms with Crippen LogP contribution in [-0.4, -0.2) is 20.7 Å². The lowest BCUT2D eigenvalue weighted by Gasteiger charge is -2.18. The first-order valence-corrected chi connectivity index (χ1v) is 9.41. The maximum absolute atomic E-state index is 13.0. The van der Waals surface area contributed by atoms with Crippen LogP contribution in [0, 0.1) is 6.92 Å². The second-order valence-electron chi connectivity index (χ2n) is 6.38. The van der Waals surface area contributed by atoms with Crippen LogP contribution in [0.25, 0.3) is 0 Å². The summed E-state index contributed by atoms with van der Waals surface area (Å²) in [6, 6.07) is 17.8. The predicted octanol–water partition coefficient (Wildman–Crippen LogP) is 4.64. The summed E-state index contributed by atoms with van der Waals surface area (Å²) in [4.78, 5) is 13.0. The number of hydrogen-bond acceptors (Lipinski definition) is 4. The number of nitrogens with zero attached hydrogens (tertiary/aromatic N) is 3. The topological polar surface area (TPSA) is 59.8 Å². The van der Waals surface area contributed by atoms with Gasteiger partial charge < -0.3 is 9.88 Å². The van der Waals surface area contributed by atoms with E-state index in [1.807, 2.05) is 66.1 Å². The second-order valence-corrected chi connectivity index (χ2v) is 7.45. The smallest absolute Gasteiger partial charge is 0.242 e. The summed E-state index contributed by atoms with van der Waals surface area (Å²) in [6.45, 7) is 6.15. The maximum atomic E-state index is 13.0. The van der Waals surface area contributed by atoms with Gasteiger partial charge >= 0.3 is 0 Å². The van der Waals surface area contributed by atoms with E-state index in [0.717, 1.165) is 22.0 Å². The number of amides is 1. The summed E-state index contributed by atoms with van der Waals surface area (Å²) < 4.78 is 1.97. The van der Waals surface area contributed by atoms with Crippen LogP contribution >= 0.6 is 11.8 Å². The van der Waals surface area contributed by atoms with E-state index in [-0.39, 0.29) is 11.9 Å². The van der Waals surface area contributed by atoms with E-state index < -0.39 is 5.25 Å². The number of aryl methyl sites for hydroxylation is 1. The van der Waals surface area contributed by atoms with Gasteiger partial charge in [-0.25, -0.2) is 0 Å². The Morgan fingerprint density at radius 3 is 2.42 bits per heavy atom. The fourth-order valence-corrected chi connectivity index (χ4v) is 3.67. The molecule has 1 N–H and O–H groups in total. The molecule has 0 fully saturated rings. The Morgan fingerprint density at radius 2 is 1.77 bits per heavy atom. The first-order chi connectivity index (χ1) is 12.5. The molecule has 1 atom stereocenters. The summed E-state index contributed by atoms with van der Waals surface area (Å²) in [6.07, 6.45) is 1.70. The number of benzene rings is 2. The normalized spacial score (nSPS) is 12.2. The Balaban J connectivity index is 1.87. The average Bonchev–Trinajstić information content (AvgIpc) is 3.11. The molecule has 0 unspecified atom stereocenters. The zero-order valence-electron chi connectivity index (χ0n) is 15.1. The Hall–Kier alpha value is -2.60. The molecule has 0 saturated carbocycles. The van der Waals surface area contributed by atoms with Gasteiger partial charge in [0.25, 0.3) is 0 Å². The third kappa shape index (κ3) is 4.32. The van der Waals surface area contributed by atoms with Crippen molar-refractivity contribution in [2.24, 2.45) is 0 Å². The highest BCUT2D eigenvalue weighted by Crippen LogP contribution is 2.36. The first-order valence-electron chi connectivity index (χ1n) is 8.53. The zero-order chi connectivity index (χ0) is 18.5. The zero-order valence-corrected chi connectivity index (χ0v) is 15.9. The Labute approximate surface area is 157 Å². The van der Waals surface area contributed by atoms with Crippen LogP contribution in [0.3, 0.4) is 0 Å². The number of rotatable bonds is 6. The number of anilines is 1. The highest BCUT2D eigenvalue weighted by atomic mass is 32.2. The van der Waals surface area contributed by atoms with Gasteiger partial charge in [0.15, 0.2) is 5.16 Å². The molecule has 0 aliphatic heterocycles. The Morgan fingerprint density at radius 1 is 1.08 bits per heavy atom. The molecule has 3 rings (SSSR count). The lowest BCUT2D eigenvalue weighted by molar-refractivity contribution is -0.115. The van der Waals surface area contributed by atoms with Crippen molar-refractivity contribution in [1.82, 2.24) is 14.8 Å². The Kier molecular flexibility index (Phi) is 5.73. The largest absolute Gasteiger partial charge is 0.325 e. The molecule has 6 heteroatoms. The second kappa shape index (κ2) is 8.19. The van der Waals surface area contributed by atoms with E-state index in [9.17, 15) is 4.79 Å². The molecule has 0 radical (unpaired) electrons.